The molecule has 5 aliphatic heterocycles. The number of fused-ring (bicyclic) bond motifs is 4. The molecule has 0 aliphatic carbocycles. The molecular formula is C34H60O9. The van der Waals surface area contributed by atoms with Crippen molar-refractivity contribution in [2.45, 2.75) is 51.5 Å². The van der Waals surface area contributed by atoms with E-state index in [0.717, 1.165) is 26.4 Å². The summed E-state index contributed by atoms with van der Waals surface area (Å²) in [6, 6.07) is 0. The smallest absolute Gasteiger partial charge is 0.0819 e. The van der Waals surface area contributed by atoms with Crippen LogP contribution in [0.3, 0.4) is 0 Å². The Morgan fingerprint density at radius 2 is 0.674 bits per heavy atom. The van der Waals surface area contributed by atoms with E-state index in [0.29, 0.717) is 48.7 Å². The lowest BCUT2D eigenvalue weighted by atomic mass is 9.84. The van der Waals surface area contributed by atoms with Gasteiger partial charge in [0.05, 0.1) is 76.3 Å². The predicted octanol–water partition coefficient (Wildman–Crippen LogP) is 4.62. The Bertz CT molecular complexity index is 727. The molecule has 4 bridgehead atoms. The van der Waals surface area contributed by atoms with Gasteiger partial charge in [-0.15, -0.1) is 13.2 Å². The van der Waals surface area contributed by atoms with Crippen molar-refractivity contribution in [3.63, 3.8) is 0 Å². The topological polar surface area (TPSA) is 83.1 Å². The van der Waals surface area contributed by atoms with Crippen molar-refractivity contribution < 1.29 is 42.6 Å². The Kier molecular flexibility index (Phi) is 19.0. The zero-order valence-corrected chi connectivity index (χ0v) is 25.7. The monoisotopic (exact) mass is 612 g/mol. The van der Waals surface area contributed by atoms with Gasteiger partial charge in [0.15, 0.2) is 0 Å². The average Bonchev–Trinajstić information content (AvgIpc) is 3.81. The summed E-state index contributed by atoms with van der Waals surface area (Å²) in [5, 5.41) is 0. The molecule has 43 heavy (non-hydrogen) atoms. The maximum Gasteiger partial charge on any atom is 0.0819 e. The molecule has 0 aromatic rings. The fourth-order valence-corrected chi connectivity index (χ4v) is 6.73. The minimum absolute atomic E-state index is 0. The van der Waals surface area contributed by atoms with Crippen LogP contribution >= 0.6 is 0 Å². The third kappa shape index (κ3) is 9.79. The Morgan fingerprint density at radius 3 is 0.884 bits per heavy atom. The fraction of sp³-hybridized carbons (Fsp3) is 0.765. The van der Waals surface area contributed by atoms with E-state index in [4.69, 9.17) is 42.6 Å². The molecule has 9 heteroatoms. The number of hydrogen-bond acceptors (Lipinski definition) is 9. The van der Waals surface area contributed by atoms with E-state index in [-0.39, 0.29) is 51.5 Å². The summed E-state index contributed by atoms with van der Waals surface area (Å²) in [7, 11) is 10.3. The van der Waals surface area contributed by atoms with E-state index in [9.17, 15) is 0 Å². The first kappa shape index (κ1) is 39.6. The van der Waals surface area contributed by atoms with Crippen LogP contribution in [-0.2, 0) is 42.6 Å². The summed E-state index contributed by atoms with van der Waals surface area (Å²) in [6.07, 6.45) is 13.3. The third-order valence-electron chi connectivity index (χ3n) is 8.72. The van der Waals surface area contributed by atoms with Gasteiger partial charge in [0, 0.05) is 78.2 Å². The molecule has 0 saturated carbocycles. The largest absolute Gasteiger partial charge is 0.384 e. The molecule has 3 saturated heterocycles. The molecule has 5 aliphatic rings. The molecule has 250 valence electrons. The molecule has 0 N–H and O–H groups in total. The molecule has 3 fully saturated rings. The Labute approximate surface area is 261 Å². The molecule has 12 atom stereocenters. The van der Waals surface area contributed by atoms with E-state index in [1.165, 1.54) is 0 Å². The molecule has 0 aromatic carbocycles. The molecule has 0 aromatic heterocycles. The summed E-state index contributed by atoms with van der Waals surface area (Å²) < 4.78 is 48.4. The normalized spacial score (nSPS) is 37.5. The highest BCUT2D eigenvalue weighted by Crippen LogP contribution is 2.40. The number of hydrogen-bond donors (Lipinski definition) is 0. The van der Waals surface area contributed by atoms with Crippen molar-refractivity contribution in [3.05, 3.63) is 49.6 Å². The first-order valence-corrected chi connectivity index (χ1v) is 14.5. The van der Waals surface area contributed by atoms with Crippen molar-refractivity contribution in [2.75, 3.05) is 82.3 Å². The quantitative estimate of drug-likeness (QED) is 0.261. The van der Waals surface area contributed by atoms with Gasteiger partial charge in [0.2, 0.25) is 0 Å². The molecule has 0 radical (unpaired) electrons. The van der Waals surface area contributed by atoms with Crippen LogP contribution in [0.2, 0.25) is 0 Å². The number of methoxy groups -OCH3 is 6. The standard InChI is InChI=1S/C12H20O3.2C10H16O3.2CH4/c1-5-11-9(7-13-3)10(8-14-4)12(6-2)15-11;2*1-11-5-7-8(6-12-2)10-4-3-9(7)13-10;;/h5-6,9-12H,1-2,7-8H2,3-4H3;2*3-4,7-10H,5-6H2,1-2H3;2*1H4. The minimum atomic E-state index is 0. The Balaban J connectivity index is 0.000000316. The molecule has 5 heterocycles. The van der Waals surface area contributed by atoms with Gasteiger partial charge in [0.1, 0.15) is 0 Å². The number of rotatable bonds is 14. The lowest BCUT2D eigenvalue weighted by Crippen LogP contribution is -2.30. The van der Waals surface area contributed by atoms with Gasteiger partial charge in [-0.05, 0) is 0 Å². The zero-order valence-electron chi connectivity index (χ0n) is 25.7. The first-order valence-electron chi connectivity index (χ1n) is 14.5. The third-order valence-corrected chi connectivity index (χ3v) is 8.72. The van der Waals surface area contributed by atoms with Crippen molar-refractivity contribution in [1.29, 1.82) is 0 Å². The van der Waals surface area contributed by atoms with Crippen molar-refractivity contribution in [2.24, 2.45) is 35.5 Å². The molecule has 12 unspecified atom stereocenters. The van der Waals surface area contributed by atoms with E-state index < -0.39 is 0 Å². The molecule has 0 amide bonds. The molecule has 9 nitrogen and oxygen atoms in total. The van der Waals surface area contributed by atoms with Crippen LogP contribution in [0.5, 0.6) is 0 Å². The van der Waals surface area contributed by atoms with Gasteiger partial charge in [-0.25, -0.2) is 0 Å². The summed E-state index contributed by atoms with van der Waals surface area (Å²) in [4.78, 5) is 0. The average molecular weight is 613 g/mol. The van der Waals surface area contributed by atoms with Gasteiger partial charge in [-0.2, -0.15) is 0 Å². The Hall–Kier alpha value is -1.40. The molecule has 5 rings (SSSR count). The lowest BCUT2D eigenvalue weighted by molar-refractivity contribution is 0.0663. The van der Waals surface area contributed by atoms with Crippen LogP contribution in [0.25, 0.3) is 0 Å². The maximum atomic E-state index is 5.79. The van der Waals surface area contributed by atoms with E-state index in [1.807, 2.05) is 12.2 Å². The van der Waals surface area contributed by atoms with Gasteiger partial charge in [-0.1, -0.05) is 51.3 Å². The highest BCUT2D eigenvalue weighted by Gasteiger charge is 2.46. The molecule has 0 spiro atoms. The van der Waals surface area contributed by atoms with Crippen LogP contribution in [0, 0.1) is 35.5 Å². The summed E-state index contributed by atoms with van der Waals surface area (Å²) in [5.41, 5.74) is 0. The maximum absolute atomic E-state index is 5.79. The highest BCUT2D eigenvalue weighted by molar-refractivity contribution is 5.15. The van der Waals surface area contributed by atoms with E-state index >= 15 is 0 Å². The van der Waals surface area contributed by atoms with Gasteiger partial charge >= 0.3 is 0 Å². The second kappa shape index (κ2) is 20.6. The van der Waals surface area contributed by atoms with Crippen LogP contribution in [-0.4, -0.2) is 119 Å². The van der Waals surface area contributed by atoms with Gasteiger partial charge in [0.25, 0.3) is 0 Å². The zero-order chi connectivity index (χ0) is 29.8. The highest BCUT2D eigenvalue weighted by atomic mass is 16.5. The lowest BCUT2D eigenvalue weighted by Gasteiger charge is -2.23. The van der Waals surface area contributed by atoms with Crippen LogP contribution < -0.4 is 0 Å². The van der Waals surface area contributed by atoms with Gasteiger partial charge in [-0.3, -0.25) is 0 Å². The summed E-state index contributed by atoms with van der Waals surface area (Å²) in [5.74, 6) is 2.49. The fourth-order valence-electron chi connectivity index (χ4n) is 6.73. The predicted molar refractivity (Wildman–Crippen MR) is 170 cm³/mol. The Morgan fingerprint density at radius 1 is 0.442 bits per heavy atom. The minimum Gasteiger partial charge on any atom is -0.384 e. The first-order chi connectivity index (χ1) is 20.0. The van der Waals surface area contributed by atoms with Crippen LogP contribution in [0.1, 0.15) is 14.9 Å². The second-order valence-corrected chi connectivity index (χ2v) is 11.2. The van der Waals surface area contributed by atoms with Crippen molar-refractivity contribution in [1.82, 2.24) is 0 Å². The summed E-state index contributed by atoms with van der Waals surface area (Å²) in [6.45, 7) is 11.9. The van der Waals surface area contributed by atoms with Crippen molar-refractivity contribution in [3.8, 4) is 0 Å². The summed E-state index contributed by atoms with van der Waals surface area (Å²) >= 11 is 0. The van der Waals surface area contributed by atoms with E-state index in [2.05, 4.69) is 37.5 Å². The van der Waals surface area contributed by atoms with E-state index in [1.54, 1.807) is 42.7 Å². The second-order valence-electron chi connectivity index (χ2n) is 11.2. The van der Waals surface area contributed by atoms with Crippen molar-refractivity contribution >= 4 is 0 Å². The van der Waals surface area contributed by atoms with Crippen LogP contribution in [0.15, 0.2) is 49.6 Å². The van der Waals surface area contributed by atoms with Gasteiger partial charge < -0.3 is 42.6 Å². The van der Waals surface area contributed by atoms with Crippen LogP contribution in [0.4, 0.5) is 0 Å². The SMILES string of the molecule is C.C.C=CC1OC(C=C)C(COC)C1COC.COCC1C2C=CC(O2)C1COC.COCC1C2C=CC(O2)C1COC. The molecular weight excluding hydrogens is 552 g/mol. The number of ether oxygens (including phenoxy) is 9.